The van der Waals surface area contributed by atoms with Gasteiger partial charge in [-0.15, -0.1) is 0 Å². The van der Waals surface area contributed by atoms with Gasteiger partial charge in [-0.2, -0.15) is 11.8 Å². The lowest BCUT2D eigenvalue weighted by Gasteiger charge is -2.28. The summed E-state index contributed by atoms with van der Waals surface area (Å²) in [6.07, 6.45) is 6.18. The van der Waals surface area contributed by atoms with Crippen molar-refractivity contribution in [2.45, 2.75) is 48.8 Å². The number of halogens is 2. The number of thioether (sulfide) groups is 1. The molecule has 0 radical (unpaired) electrons. The highest BCUT2D eigenvalue weighted by molar-refractivity contribution is 9.11. The summed E-state index contributed by atoms with van der Waals surface area (Å²) in [4.78, 5) is 0.297. The van der Waals surface area contributed by atoms with E-state index in [1.165, 1.54) is 6.42 Å². The topological polar surface area (TPSA) is 46.2 Å². The molecule has 3 nitrogen and oxygen atoms in total. The van der Waals surface area contributed by atoms with Gasteiger partial charge in [0, 0.05) is 20.2 Å². The fourth-order valence-corrected chi connectivity index (χ4v) is 6.37. The second-order valence-electron chi connectivity index (χ2n) is 5.37. The molecule has 1 fully saturated rings. The normalized spacial score (nSPS) is 23.2. The van der Waals surface area contributed by atoms with Crippen LogP contribution >= 0.6 is 43.6 Å². The number of nitrogens with one attached hydrogen (secondary N) is 1. The summed E-state index contributed by atoms with van der Waals surface area (Å²) in [5.74, 6) is 0. The molecular formula is C14H19Br2NO2S2. The average Bonchev–Trinajstić information content (AvgIpc) is 2.42. The molecule has 2 unspecified atom stereocenters. The molecule has 0 saturated heterocycles. The van der Waals surface area contributed by atoms with Crippen LogP contribution in [0, 0.1) is 6.92 Å². The van der Waals surface area contributed by atoms with Crippen LogP contribution in [0.25, 0.3) is 0 Å². The smallest absolute Gasteiger partial charge is 0.208 e. The van der Waals surface area contributed by atoms with E-state index >= 15 is 0 Å². The molecule has 1 aliphatic rings. The van der Waals surface area contributed by atoms with Gasteiger partial charge in [-0.3, -0.25) is 0 Å². The Labute approximate surface area is 148 Å². The number of hydrogen-bond donors (Lipinski definition) is 1. The third-order valence-electron chi connectivity index (χ3n) is 3.78. The fraction of sp³-hybridized carbons (Fsp3) is 0.571. The lowest BCUT2D eigenvalue weighted by molar-refractivity contribution is 0.420. The fourth-order valence-electron chi connectivity index (χ4n) is 2.58. The molecule has 0 spiro atoms. The summed E-state index contributed by atoms with van der Waals surface area (Å²) in [5.41, 5.74) is 1.00. The second kappa shape index (κ2) is 7.34. The van der Waals surface area contributed by atoms with Gasteiger partial charge in [0.15, 0.2) is 0 Å². The van der Waals surface area contributed by atoms with Crippen molar-refractivity contribution in [1.82, 2.24) is 4.72 Å². The van der Waals surface area contributed by atoms with Crippen molar-refractivity contribution >= 4 is 53.6 Å². The highest BCUT2D eigenvalue weighted by Gasteiger charge is 2.27. The van der Waals surface area contributed by atoms with E-state index in [1.54, 1.807) is 6.07 Å². The maximum atomic E-state index is 12.6. The molecule has 2 atom stereocenters. The van der Waals surface area contributed by atoms with Crippen LogP contribution < -0.4 is 4.72 Å². The lowest BCUT2D eigenvalue weighted by atomic mass is 9.96. The van der Waals surface area contributed by atoms with Crippen molar-refractivity contribution in [3.63, 3.8) is 0 Å². The molecule has 7 heteroatoms. The van der Waals surface area contributed by atoms with Crippen LogP contribution in [0.3, 0.4) is 0 Å². The predicted octanol–water partition coefficient (Wildman–Crippen LogP) is 4.47. The van der Waals surface area contributed by atoms with Gasteiger partial charge in [0.2, 0.25) is 10.0 Å². The van der Waals surface area contributed by atoms with E-state index in [-0.39, 0.29) is 6.04 Å². The van der Waals surface area contributed by atoms with Crippen LogP contribution in [0.5, 0.6) is 0 Å². The Morgan fingerprint density at radius 1 is 1.24 bits per heavy atom. The van der Waals surface area contributed by atoms with E-state index in [4.69, 9.17) is 0 Å². The molecule has 1 saturated carbocycles. The average molecular weight is 457 g/mol. The monoisotopic (exact) mass is 455 g/mol. The van der Waals surface area contributed by atoms with Crippen LogP contribution in [0.1, 0.15) is 31.2 Å². The molecule has 1 aliphatic carbocycles. The van der Waals surface area contributed by atoms with Gasteiger partial charge in [0.1, 0.15) is 0 Å². The Bertz CT molecular complexity index is 620. The Morgan fingerprint density at radius 3 is 2.62 bits per heavy atom. The van der Waals surface area contributed by atoms with Gasteiger partial charge in [-0.25, -0.2) is 13.1 Å². The van der Waals surface area contributed by atoms with E-state index < -0.39 is 10.0 Å². The highest BCUT2D eigenvalue weighted by atomic mass is 79.9. The molecular weight excluding hydrogens is 438 g/mol. The van der Waals surface area contributed by atoms with E-state index in [2.05, 4.69) is 42.8 Å². The lowest BCUT2D eigenvalue weighted by Crippen LogP contribution is -2.39. The summed E-state index contributed by atoms with van der Waals surface area (Å²) in [6, 6.07) is 3.52. The SMILES string of the molecule is CSC1CCCC(NS(=O)(=O)c2cc(Br)c(C)cc2Br)C1. The van der Waals surface area contributed by atoms with Crippen molar-refractivity contribution in [3.8, 4) is 0 Å². The summed E-state index contributed by atoms with van der Waals surface area (Å²) in [7, 11) is -3.50. The Hall–Kier alpha value is 0.440. The highest BCUT2D eigenvalue weighted by Crippen LogP contribution is 2.31. The van der Waals surface area contributed by atoms with Gasteiger partial charge in [-0.05, 0) is 66.1 Å². The van der Waals surface area contributed by atoms with E-state index in [1.807, 2.05) is 24.8 Å². The van der Waals surface area contributed by atoms with Crippen LogP contribution in [0.2, 0.25) is 0 Å². The third kappa shape index (κ3) is 4.47. The van der Waals surface area contributed by atoms with E-state index in [0.29, 0.717) is 14.6 Å². The number of rotatable bonds is 4. The summed E-state index contributed by atoms with van der Waals surface area (Å²) < 4.78 is 29.5. The number of hydrogen-bond acceptors (Lipinski definition) is 3. The quantitative estimate of drug-likeness (QED) is 0.726. The molecule has 21 heavy (non-hydrogen) atoms. The zero-order chi connectivity index (χ0) is 15.6. The molecule has 1 aromatic rings. The molecule has 1 aromatic carbocycles. The minimum Gasteiger partial charge on any atom is -0.208 e. The zero-order valence-corrected chi connectivity index (χ0v) is 16.8. The maximum absolute atomic E-state index is 12.6. The molecule has 118 valence electrons. The first-order chi connectivity index (χ1) is 9.83. The van der Waals surface area contributed by atoms with Crippen molar-refractivity contribution in [3.05, 3.63) is 26.6 Å². The number of benzene rings is 1. The molecule has 0 amide bonds. The largest absolute Gasteiger partial charge is 0.241 e. The standard InChI is InChI=1S/C14H19Br2NO2S2/c1-9-6-13(16)14(8-12(9)15)21(18,19)17-10-4-3-5-11(7-10)20-2/h6,8,10-11,17H,3-5,7H2,1-2H3. The molecule has 0 bridgehead atoms. The third-order valence-corrected chi connectivity index (χ3v) is 8.21. The molecule has 0 aromatic heterocycles. The first kappa shape index (κ1) is 17.8. The number of aryl methyl sites for hydroxylation is 1. The minimum absolute atomic E-state index is 0.0354. The molecule has 2 rings (SSSR count). The van der Waals surface area contributed by atoms with Crippen LogP contribution in [0.4, 0.5) is 0 Å². The molecule has 0 aliphatic heterocycles. The van der Waals surface area contributed by atoms with Gasteiger partial charge >= 0.3 is 0 Å². The Morgan fingerprint density at radius 2 is 1.95 bits per heavy atom. The molecule has 1 N–H and O–H groups in total. The maximum Gasteiger partial charge on any atom is 0.241 e. The molecule has 0 heterocycles. The van der Waals surface area contributed by atoms with Gasteiger partial charge in [-0.1, -0.05) is 22.4 Å². The Kier molecular flexibility index (Phi) is 6.22. The predicted molar refractivity (Wildman–Crippen MR) is 96.5 cm³/mol. The summed E-state index contributed by atoms with van der Waals surface area (Å²) in [5, 5.41) is 0.555. The first-order valence-corrected chi connectivity index (χ1v) is 11.2. The van der Waals surface area contributed by atoms with Crippen LogP contribution in [-0.4, -0.2) is 26.0 Å². The van der Waals surface area contributed by atoms with Gasteiger partial charge in [0.25, 0.3) is 0 Å². The number of sulfonamides is 1. The summed E-state index contributed by atoms with van der Waals surface area (Å²) >= 11 is 8.59. The van der Waals surface area contributed by atoms with Crippen molar-refractivity contribution < 1.29 is 8.42 Å². The van der Waals surface area contributed by atoms with Crippen molar-refractivity contribution in [2.24, 2.45) is 0 Å². The van der Waals surface area contributed by atoms with Gasteiger partial charge in [0.05, 0.1) is 4.90 Å². The summed E-state index contributed by atoms with van der Waals surface area (Å²) in [6.45, 7) is 1.93. The van der Waals surface area contributed by atoms with Crippen LogP contribution in [-0.2, 0) is 10.0 Å². The zero-order valence-electron chi connectivity index (χ0n) is 12.0. The van der Waals surface area contributed by atoms with E-state index in [0.717, 1.165) is 29.3 Å². The van der Waals surface area contributed by atoms with E-state index in [9.17, 15) is 8.42 Å². The second-order valence-corrected chi connectivity index (χ2v) is 9.90. The van der Waals surface area contributed by atoms with Gasteiger partial charge < -0.3 is 0 Å². The van der Waals surface area contributed by atoms with Crippen molar-refractivity contribution in [2.75, 3.05) is 6.26 Å². The van der Waals surface area contributed by atoms with Crippen LogP contribution in [0.15, 0.2) is 26.0 Å². The van der Waals surface area contributed by atoms with Crippen molar-refractivity contribution in [1.29, 1.82) is 0 Å². The Balaban J connectivity index is 2.20. The minimum atomic E-state index is -3.50. The first-order valence-electron chi connectivity index (χ1n) is 6.84.